The molecule has 4 nitrogen and oxygen atoms in total. The lowest BCUT2D eigenvalue weighted by Gasteiger charge is -2.23. The molecule has 0 amide bonds. The van der Waals surface area contributed by atoms with Crippen LogP contribution >= 0.6 is 0 Å². The molecule has 0 radical (unpaired) electrons. The highest BCUT2D eigenvalue weighted by Crippen LogP contribution is 2.33. The Balaban J connectivity index is 2.24. The minimum atomic E-state index is 0.601. The van der Waals surface area contributed by atoms with Crippen molar-refractivity contribution in [1.29, 1.82) is 0 Å². The van der Waals surface area contributed by atoms with E-state index < -0.39 is 0 Å². The Morgan fingerprint density at radius 1 is 1.05 bits per heavy atom. The molecule has 2 rings (SSSR count). The van der Waals surface area contributed by atoms with Crippen molar-refractivity contribution < 1.29 is 9.47 Å². The van der Waals surface area contributed by atoms with Gasteiger partial charge in [0.05, 0.1) is 25.1 Å². The fourth-order valence-electron chi connectivity index (χ4n) is 2.32. The largest absolute Gasteiger partial charge is 0.496 e. The van der Waals surface area contributed by atoms with Crippen molar-refractivity contribution in [1.82, 2.24) is 0 Å². The molecule has 0 aromatic heterocycles. The minimum absolute atomic E-state index is 0.601. The van der Waals surface area contributed by atoms with Crippen LogP contribution in [0.15, 0.2) is 42.5 Å². The molecule has 0 saturated carbocycles. The van der Waals surface area contributed by atoms with Gasteiger partial charge in [-0.15, -0.1) is 0 Å². The summed E-state index contributed by atoms with van der Waals surface area (Å²) in [6.45, 7) is 3.26. The first-order valence-electron chi connectivity index (χ1n) is 7.01. The van der Waals surface area contributed by atoms with Gasteiger partial charge in [-0.3, -0.25) is 0 Å². The topological polar surface area (TPSA) is 47.7 Å². The summed E-state index contributed by atoms with van der Waals surface area (Å²) in [6, 6.07) is 13.8. The lowest BCUT2D eigenvalue weighted by Crippen LogP contribution is -2.18. The Kier molecular flexibility index (Phi) is 4.93. The van der Waals surface area contributed by atoms with E-state index in [4.69, 9.17) is 15.2 Å². The van der Waals surface area contributed by atoms with E-state index in [1.54, 1.807) is 7.11 Å². The van der Waals surface area contributed by atoms with E-state index in [1.165, 1.54) is 0 Å². The van der Waals surface area contributed by atoms with Gasteiger partial charge in [0.15, 0.2) is 0 Å². The van der Waals surface area contributed by atoms with Crippen LogP contribution in [0.5, 0.6) is 11.5 Å². The van der Waals surface area contributed by atoms with E-state index in [2.05, 4.69) is 11.0 Å². The van der Waals surface area contributed by atoms with Gasteiger partial charge in [-0.1, -0.05) is 24.3 Å². The van der Waals surface area contributed by atoms with Crippen molar-refractivity contribution in [2.24, 2.45) is 0 Å². The quantitative estimate of drug-likeness (QED) is 0.828. The molecule has 112 valence electrons. The zero-order valence-electron chi connectivity index (χ0n) is 12.8. The molecule has 0 spiro atoms. The number of hydrogen-bond acceptors (Lipinski definition) is 4. The molecule has 2 aromatic carbocycles. The average Bonchev–Trinajstić information content (AvgIpc) is 2.50. The Labute approximate surface area is 126 Å². The van der Waals surface area contributed by atoms with Gasteiger partial charge < -0.3 is 20.1 Å². The molecule has 0 atom stereocenters. The molecule has 0 bridgehead atoms. The van der Waals surface area contributed by atoms with Crippen LogP contribution in [-0.2, 0) is 6.54 Å². The second-order valence-corrected chi connectivity index (χ2v) is 4.79. The molecule has 0 heterocycles. The first-order valence-corrected chi connectivity index (χ1v) is 7.01. The zero-order chi connectivity index (χ0) is 15.2. The third-order valence-electron chi connectivity index (χ3n) is 3.35. The van der Waals surface area contributed by atoms with Crippen LogP contribution in [0.4, 0.5) is 11.4 Å². The molecular weight excluding hydrogens is 264 g/mol. The van der Waals surface area contributed by atoms with Crippen LogP contribution in [0.25, 0.3) is 0 Å². The molecule has 0 aliphatic heterocycles. The Morgan fingerprint density at radius 2 is 1.76 bits per heavy atom. The standard InChI is InChI=1S/C17H22N2O2/c1-4-21-16-11-7-9-14(17(16)18)19(2)12-13-8-5-6-10-15(13)20-3/h5-11H,4,12,18H2,1-3H3. The van der Waals surface area contributed by atoms with Crippen molar-refractivity contribution >= 4 is 11.4 Å². The van der Waals surface area contributed by atoms with Gasteiger partial charge in [-0.05, 0) is 25.1 Å². The van der Waals surface area contributed by atoms with Crippen LogP contribution < -0.4 is 20.1 Å². The molecule has 0 fully saturated rings. The van der Waals surface area contributed by atoms with Crippen LogP contribution in [0.2, 0.25) is 0 Å². The maximum atomic E-state index is 6.20. The number of nitrogen functional groups attached to an aromatic ring is 1. The van der Waals surface area contributed by atoms with Gasteiger partial charge in [0.2, 0.25) is 0 Å². The number of ether oxygens (including phenoxy) is 2. The van der Waals surface area contributed by atoms with Crippen LogP contribution in [0.3, 0.4) is 0 Å². The first-order chi connectivity index (χ1) is 10.2. The first kappa shape index (κ1) is 15.0. The highest BCUT2D eigenvalue weighted by atomic mass is 16.5. The summed E-state index contributed by atoms with van der Waals surface area (Å²) in [7, 11) is 3.69. The number of methoxy groups -OCH3 is 1. The Bertz CT molecular complexity index is 599. The highest BCUT2D eigenvalue weighted by molar-refractivity contribution is 5.74. The lowest BCUT2D eigenvalue weighted by molar-refractivity contribution is 0.342. The third-order valence-corrected chi connectivity index (χ3v) is 3.35. The fraction of sp³-hybridized carbons (Fsp3) is 0.294. The van der Waals surface area contributed by atoms with Crippen LogP contribution in [0.1, 0.15) is 12.5 Å². The summed E-state index contributed by atoms with van der Waals surface area (Å²) in [4.78, 5) is 2.09. The number of anilines is 2. The van der Waals surface area contributed by atoms with Gasteiger partial charge in [0.1, 0.15) is 11.5 Å². The third kappa shape index (κ3) is 3.40. The molecule has 0 aliphatic carbocycles. The summed E-state index contributed by atoms with van der Waals surface area (Å²) in [5.41, 5.74) is 8.93. The van der Waals surface area contributed by atoms with Gasteiger partial charge >= 0.3 is 0 Å². The number of benzene rings is 2. The van der Waals surface area contributed by atoms with E-state index in [0.717, 1.165) is 22.7 Å². The fourth-order valence-corrected chi connectivity index (χ4v) is 2.32. The smallest absolute Gasteiger partial charge is 0.144 e. The molecule has 2 aromatic rings. The molecular formula is C17H22N2O2. The summed E-state index contributed by atoms with van der Waals surface area (Å²) < 4.78 is 10.9. The summed E-state index contributed by atoms with van der Waals surface area (Å²) in [5, 5.41) is 0. The molecule has 4 heteroatoms. The summed E-state index contributed by atoms with van der Waals surface area (Å²) in [5.74, 6) is 1.60. The van der Waals surface area contributed by atoms with E-state index in [9.17, 15) is 0 Å². The van der Waals surface area contributed by atoms with E-state index >= 15 is 0 Å². The van der Waals surface area contributed by atoms with Gasteiger partial charge in [-0.25, -0.2) is 0 Å². The number of nitrogens with two attached hydrogens (primary N) is 1. The van der Waals surface area contributed by atoms with Crippen molar-refractivity contribution in [2.45, 2.75) is 13.5 Å². The van der Waals surface area contributed by atoms with E-state index in [1.807, 2.05) is 50.4 Å². The van der Waals surface area contributed by atoms with Crippen molar-refractivity contribution in [2.75, 3.05) is 31.4 Å². The number of rotatable bonds is 6. The SMILES string of the molecule is CCOc1cccc(N(C)Cc2ccccc2OC)c1N. The normalized spacial score (nSPS) is 10.2. The molecule has 0 saturated heterocycles. The second kappa shape index (κ2) is 6.88. The summed E-state index contributed by atoms with van der Waals surface area (Å²) in [6.07, 6.45) is 0. The van der Waals surface area contributed by atoms with Crippen molar-refractivity contribution in [3.63, 3.8) is 0 Å². The highest BCUT2D eigenvalue weighted by Gasteiger charge is 2.12. The monoisotopic (exact) mass is 286 g/mol. The van der Waals surface area contributed by atoms with Crippen LogP contribution in [-0.4, -0.2) is 20.8 Å². The minimum Gasteiger partial charge on any atom is -0.496 e. The Hall–Kier alpha value is -2.36. The van der Waals surface area contributed by atoms with Gasteiger partial charge in [0.25, 0.3) is 0 Å². The lowest BCUT2D eigenvalue weighted by atomic mass is 10.1. The molecule has 21 heavy (non-hydrogen) atoms. The van der Waals surface area contributed by atoms with E-state index in [-0.39, 0.29) is 0 Å². The molecule has 2 N–H and O–H groups in total. The number of nitrogens with zero attached hydrogens (tertiary/aromatic N) is 1. The predicted octanol–water partition coefficient (Wildman–Crippen LogP) is 3.31. The van der Waals surface area contributed by atoms with Crippen LogP contribution in [0, 0.1) is 0 Å². The zero-order valence-corrected chi connectivity index (χ0v) is 12.8. The maximum absolute atomic E-state index is 6.20. The maximum Gasteiger partial charge on any atom is 0.144 e. The number of hydrogen-bond donors (Lipinski definition) is 1. The van der Waals surface area contributed by atoms with Gasteiger partial charge in [0, 0.05) is 19.2 Å². The molecule has 0 unspecified atom stereocenters. The van der Waals surface area contributed by atoms with Gasteiger partial charge in [-0.2, -0.15) is 0 Å². The predicted molar refractivity (Wildman–Crippen MR) is 87.1 cm³/mol. The number of para-hydroxylation sites is 2. The summed E-state index contributed by atoms with van der Waals surface area (Å²) >= 11 is 0. The van der Waals surface area contributed by atoms with Crippen molar-refractivity contribution in [3.05, 3.63) is 48.0 Å². The molecule has 0 aliphatic rings. The second-order valence-electron chi connectivity index (χ2n) is 4.79. The Morgan fingerprint density at radius 3 is 2.48 bits per heavy atom. The average molecular weight is 286 g/mol. The van der Waals surface area contributed by atoms with E-state index in [0.29, 0.717) is 18.8 Å². The van der Waals surface area contributed by atoms with Crippen molar-refractivity contribution in [3.8, 4) is 11.5 Å².